The van der Waals surface area contributed by atoms with Crippen molar-refractivity contribution in [2.75, 3.05) is 13.1 Å². The molecule has 2 aromatic carbocycles. The third kappa shape index (κ3) is 4.82. The van der Waals surface area contributed by atoms with Gasteiger partial charge in [0, 0.05) is 23.2 Å². The van der Waals surface area contributed by atoms with Crippen LogP contribution >= 0.6 is 0 Å². The first kappa shape index (κ1) is 19.3. The van der Waals surface area contributed by atoms with Gasteiger partial charge in [0.2, 0.25) is 17.7 Å². The number of amides is 2. The molecule has 0 aliphatic carbocycles. The van der Waals surface area contributed by atoms with E-state index in [9.17, 15) is 9.59 Å². The number of aromatic nitrogens is 2. The summed E-state index contributed by atoms with van der Waals surface area (Å²) in [4.78, 5) is 23.7. The van der Waals surface area contributed by atoms with E-state index < -0.39 is 0 Å². The van der Waals surface area contributed by atoms with E-state index in [0.717, 1.165) is 17.5 Å². The number of benzene rings is 2. The molecular weight excluding hydrogens is 356 g/mol. The summed E-state index contributed by atoms with van der Waals surface area (Å²) in [7, 11) is 0. The van der Waals surface area contributed by atoms with E-state index in [1.165, 1.54) is 0 Å². The van der Waals surface area contributed by atoms with Crippen molar-refractivity contribution in [2.24, 2.45) is 0 Å². The molecule has 0 aliphatic rings. The molecule has 3 aromatic rings. The SMILES string of the molecule is CCCNC(=O)CNC(=O)c1ccc(-c2nnc(-c3ccc(C)cc3)o2)cc1. The maximum atomic E-state index is 12.1. The number of carbonyl (C=O) groups excluding carboxylic acids is 2. The Hall–Kier alpha value is -3.48. The van der Waals surface area contributed by atoms with Gasteiger partial charge in [-0.25, -0.2) is 0 Å². The highest BCUT2D eigenvalue weighted by atomic mass is 16.4. The molecule has 7 nitrogen and oxygen atoms in total. The van der Waals surface area contributed by atoms with Crippen LogP contribution in [0.1, 0.15) is 29.3 Å². The largest absolute Gasteiger partial charge is 0.416 e. The second-order valence-electron chi connectivity index (χ2n) is 6.39. The number of nitrogens with one attached hydrogen (secondary N) is 2. The van der Waals surface area contributed by atoms with Crippen molar-refractivity contribution in [1.29, 1.82) is 0 Å². The molecule has 0 unspecified atom stereocenters. The van der Waals surface area contributed by atoms with Crippen molar-refractivity contribution >= 4 is 11.8 Å². The second-order valence-corrected chi connectivity index (χ2v) is 6.39. The number of nitrogens with zero attached hydrogens (tertiary/aromatic N) is 2. The van der Waals surface area contributed by atoms with E-state index in [0.29, 0.717) is 29.5 Å². The lowest BCUT2D eigenvalue weighted by atomic mass is 10.1. The van der Waals surface area contributed by atoms with Gasteiger partial charge in [0.05, 0.1) is 6.54 Å². The highest BCUT2D eigenvalue weighted by Crippen LogP contribution is 2.24. The molecular formula is C21H22N4O3. The van der Waals surface area contributed by atoms with Gasteiger partial charge in [0.1, 0.15) is 0 Å². The molecule has 0 spiro atoms. The Labute approximate surface area is 163 Å². The van der Waals surface area contributed by atoms with Crippen LogP contribution in [0.5, 0.6) is 0 Å². The number of hydrogen-bond acceptors (Lipinski definition) is 5. The Bertz CT molecular complexity index is 947. The van der Waals surface area contributed by atoms with Crippen LogP contribution in [-0.2, 0) is 4.79 Å². The minimum Gasteiger partial charge on any atom is -0.416 e. The topological polar surface area (TPSA) is 97.1 Å². The maximum Gasteiger partial charge on any atom is 0.251 e. The van der Waals surface area contributed by atoms with Crippen LogP contribution in [0.25, 0.3) is 22.9 Å². The molecule has 2 amide bonds. The average molecular weight is 378 g/mol. The molecule has 0 atom stereocenters. The highest BCUT2D eigenvalue weighted by Gasteiger charge is 2.12. The zero-order valence-electron chi connectivity index (χ0n) is 15.9. The molecule has 0 bridgehead atoms. The van der Waals surface area contributed by atoms with Crippen LogP contribution in [0.2, 0.25) is 0 Å². The lowest BCUT2D eigenvalue weighted by molar-refractivity contribution is -0.120. The minimum absolute atomic E-state index is 0.0514. The number of carbonyl (C=O) groups is 2. The van der Waals surface area contributed by atoms with Gasteiger partial charge in [0.15, 0.2) is 0 Å². The third-order valence-electron chi connectivity index (χ3n) is 4.10. The molecule has 144 valence electrons. The lowest BCUT2D eigenvalue weighted by Gasteiger charge is -2.06. The quantitative estimate of drug-likeness (QED) is 0.659. The van der Waals surface area contributed by atoms with E-state index in [2.05, 4.69) is 20.8 Å². The summed E-state index contributed by atoms with van der Waals surface area (Å²) in [6.45, 7) is 4.52. The van der Waals surface area contributed by atoms with E-state index >= 15 is 0 Å². The Morgan fingerprint density at radius 2 is 1.46 bits per heavy atom. The standard InChI is InChI=1S/C21H22N4O3/c1-3-12-22-18(26)13-23-19(27)15-8-10-17(11-9-15)21-25-24-20(28-21)16-6-4-14(2)5-7-16/h4-11H,3,12-13H2,1-2H3,(H,22,26)(H,23,27). The van der Waals surface area contributed by atoms with Crippen molar-refractivity contribution in [3.63, 3.8) is 0 Å². The van der Waals surface area contributed by atoms with Gasteiger partial charge in [-0.2, -0.15) is 0 Å². The molecule has 0 radical (unpaired) electrons. The fourth-order valence-electron chi connectivity index (χ4n) is 2.51. The molecule has 0 saturated carbocycles. The van der Waals surface area contributed by atoms with Crippen molar-refractivity contribution < 1.29 is 14.0 Å². The zero-order chi connectivity index (χ0) is 19.9. The Kier molecular flexibility index (Phi) is 6.16. The first-order valence-corrected chi connectivity index (χ1v) is 9.12. The van der Waals surface area contributed by atoms with E-state index in [4.69, 9.17) is 4.42 Å². The molecule has 1 heterocycles. The summed E-state index contributed by atoms with van der Waals surface area (Å²) < 4.78 is 5.74. The monoisotopic (exact) mass is 378 g/mol. The summed E-state index contributed by atoms with van der Waals surface area (Å²) in [5, 5.41) is 13.5. The van der Waals surface area contributed by atoms with E-state index in [1.807, 2.05) is 38.1 Å². The summed E-state index contributed by atoms with van der Waals surface area (Å²) >= 11 is 0. The van der Waals surface area contributed by atoms with Gasteiger partial charge in [-0.05, 0) is 49.7 Å². The van der Waals surface area contributed by atoms with Gasteiger partial charge >= 0.3 is 0 Å². The van der Waals surface area contributed by atoms with E-state index in [-0.39, 0.29) is 18.4 Å². The van der Waals surface area contributed by atoms with Crippen molar-refractivity contribution in [2.45, 2.75) is 20.3 Å². The molecule has 0 aliphatic heterocycles. The molecule has 1 aromatic heterocycles. The summed E-state index contributed by atoms with van der Waals surface area (Å²) in [5.74, 6) is 0.293. The Balaban J connectivity index is 1.63. The molecule has 28 heavy (non-hydrogen) atoms. The molecule has 2 N–H and O–H groups in total. The molecule has 3 rings (SSSR count). The lowest BCUT2D eigenvalue weighted by Crippen LogP contribution is -2.37. The molecule has 0 fully saturated rings. The Morgan fingerprint density at radius 1 is 0.893 bits per heavy atom. The first-order valence-electron chi connectivity index (χ1n) is 9.12. The number of rotatable bonds is 7. The van der Waals surface area contributed by atoms with Gasteiger partial charge in [-0.15, -0.1) is 10.2 Å². The minimum atomic E-state index is -0.316. The Morgan fingerprint density at radius 3 is 2.04 bits per heavy atom. The number of aryl methyl sites for hydroxylation is 1. The van der Waals surface area contributed by atoms with Crippen molar-refractivity contribution in [3.05, 3.63) is 59.7 Å². The summed E-state index contributed by atoms with van der Waals surface area (Å²) in [5.41, 5.74) is 3.16. The summed E-state index contributed by atoms with van der Waals surface area (Å²) in [6, 6.07) is 14.6. The van der Waals surface area contributed by atoms with Crippen molar-refractivity contribution in [3.8, 4) is 22.9 Å². The van der Waals surface area contributed by atoms with Gasteiger partial charge in [0.25, 0.3) is 5.91 Å². The molecule has 0 saturated heterocycles. The van der Waals surface area contributed by atoms with Gasteiger partial charge in [-0.1, -0.05) is 24.6 Å². The molecule has 7 heteroatoms. The second kappa shape index (κ2) is 8.94. The predicted octanol–water partition coefficient (Wildman–Crippen LogP) is 2.97. The first-order chi connectivity index (χ1) is 13.6. The maximum absolute atomic E-state index is 12.1. The van der Waals surface area contributed by atoms with Crippen LogP contribution in [0.3, 0.4) is 0 Å². The highest BCUT2D eigenvalue weighted by molar-refractivity contribution is 5.96. The summed E-state index contributed by atoms with van der Waals surface area (Å²) in [6.07, 6.45) is 0.850. The van der Waals surface area contributed by atoms with Crippen LogP contribution in [0.4, 0.5) is 0 Å². The fraction of sp³-hybridized carbons (Fsp3) is 0.238. The third-order valence-corrected chi connectivity index (χ3v) is 4.10. The number of hydrogen-bond donors (Lipinski definition) is 2. The van der Waals surface area contributed by atoms with Crippen LogP contribution in [0, 0.1) is 6.92 Å². The van der Waals surface area contributed by atoms with E-state index in [1.54, 1.807) is 24.3 Å². The normalized spacial score (nSPS) is 10.5. The van der Waals surface area contributed by atoms with Crippen LogP contribution in [0.15, 0.2) is 52.9 Å². The van der Waals surface area contributed by atoms with Gasteiger partial charge in [-0.3, -0.25) is 9.59 Å². The van der Waals surface area contributed by atoms with Crippen LogP contribution < -0.4 is 10.6 Å². The zero-order valence-corrected chi connectivity index (χ0v) is 15.9. The smallest absolute Gasteiger partial charge is 0.251 e. The van der Waals surface area contributed by atoms with Crippen LogP contribution in [-0.4, -0.2) is 35.1 Å². The van der Waals surface area contributed by atoms with Gasteiger partial charge < -0.3 is 15.1 Å². The average Bonchev–Trinajstić information content (AvgIpc) is 3.21. The van der Waals surface area contributed by atoms with Crippen molar-refractivity contribution in [1.82, 2.24) is 20.8 Å². The predicted molar refractivity (Wildman–Crippen MR) is 106 cm³/mol. The fourth-order valence-corrected chi connectivity index (χ4v) is 2.51.